The van der Waals surface area contributed by atoms with Gasteiger partial charge in [0.15, 0.2) is 0 Å². The Bertz CT molecular complexity index is 94.0. The van der Waals surface area contributed by atoms with Gasteiger partial charge >= 0.3 is 5.97 Å². The molecule has 1 N–H and O–H groups in total. The molecular weight excluding hydrogens is 126 g/mol. The molecule has 0 aromatic rings. The number of carboxylic acids is 1. The van der Waals surface area contributed by atoms with Crippen LogP contribution in [0.3, 0.4) is 0 Å². The van der Waals surface area contributed by atoms with Crippen LogP contribution in [0.4, 0.5) is 0 Å². The minimum Gasteiger partial charge on any atom is -0.480 e. The molecule has 3 nitrogen and oxygen atoms in total. The summed E-state index contributed by atoms with van der Waals surface area (Å²) in [6.07, 6.45) is 0. The molecule has 0 bridgehead atoms. The summed E-state index contributed by atoms with van der Waals surface area (Å²) in [7, 11) is 1.60. The number of hydrogen-bond acceptors (Lipinski definition) is 3. The lowest BCUT2D eigenvalue weighted by Crippen LogP contribution is -2.28. The molecule has 0 saturated carbocycles. The first-order chi connectivity index (χ1) is 3.55. The summed E-state index contributed by atoms with van der Waals surface area (Å²) in [4.78, 5) is 10.1. The summed E-state index contributed by atoms with van der Waals surface area (Å²) >= 11 is 3.78. The first-order valence-electron chi connectivity index (χ1n) is 2.20. The predicted molar refractivity (Wildman–Crippen MR) is 33.8 cm³/mol. The van der Waals surface area contributed by atoms with Gasteiger partial charge in [-0.05, 0) is 14.0 Å². The molecule has 0 aliphatic heterocycles. The Morgan fingerprint density at radius 2 is 2.25 bits per heavy atom. The molecule has 0 saturated heterocycles. The van der Waals surface area contributed by atoms with E-state index in [1.807, 2.05) is 0 Å². The minimum absolute atomic E-state index is 0.515. The number of carbonyl (C=O) groups is 1. The van der Waals surface area contributed by atoms with Crippen molar-refractivity contribution in [3.05, 3.63) is 0 Å². The van der Waals surface area contributed by atoms with Crippen molar-refractivity contribution in [1.29, 1.82) is 0 Å². The van der Waals surface area contributed by atoms with Crippen LogP contribution >= 0.6 is 12.8 Å². The number of hydrogen-bond donors (Lipinski definition) is 2. The van der Waals surface area contributed by atoms with E-state index in [-0.39, 0.29) is 0 Å². The molecule has 1 unspecified atom stereocenters. The molecule has 0 fully saturated rings. The topological polar surface area (TPSA) is 40.5 Å². The third-order valence-electron chi connectivity index (χ3n) is 0.918. The van der Waals surface area contributed by atoms with Crippen LogP contribution in [0, 0.1) is 0 Å². The SMILES string of the molecule is CC(C(=O)O)N(C)S. The molecule has 0 amide bonds. The van der Waals surface area contributed by atoms with E-state index >= 15 is 0 Å². The van der Waals surface area contributed by atoms with Gasteiger partial charge in [-0.1, -0.05) is 12.8 Å². The van der Waals surface area contributed by atoms with Crippen LogP contribution in [-0.2, 0) is 4.79 Å². The summed E-state index contributed by atoms with van der Waals surface area (Å²) in [5.74, 6) is -0.859. The maximum absolute atomic E-state index is 10.1. The molecule has 4 heteroatoms. The maximum atomic E-state index is 10.1. The Morgan fingerprint density at radius 1 is 1.88 bits per heavy atom. The van der Waals surface area contributed by atoms with Crippen molar-refractivity contribution < 1.29 is 9.90 Å². The highest BCUT2D eigenvalue weighted by Crippen LogP contribution is 1.96. The maximum Gasteiger partial charge on any atom is 0.321 e. The molecule has 0 heterocycles. The van der Waals surface area contributed by atoms with Gasteiger partial charge in [0.1, 0.15) is 6.04 Å². The Morgan fingerprint density at radius 3 is 2.25 bits per heavy atom. The Hall–Kier alpha value is -0.220. The van der Waals surface area contributed by atoms with E-state index in [1.165, 1.54) is 4.31 Å². The highest BCUT2D eigenvalue weighted by Gasteiger charge is 2.12. The molecule has 0 rings (SSSR count). The summed E-state index contributed by atoms with van der Waals surface area (Å²) in [6, 6.07) is -0.515. The highest BCUT2D eigenvalue weighted by molar-refractivity contribution is 7.77. The largest absolute Gasteiger partial charge is 0.480 e. The summed E-state index contributed by atoms with van der Waals surface area (Å²) < 4.78 is 1.34. The molecule has 0 radical (unpaired) electrons. The quantitative estimate of drug-likeness (QED) is 0.533. The van der Waals surface area contributed by atoms with Gasteiger partial charge in [0.25, 0.3) is 0 Å². The van der Waals surface area contributed by atoms with E-state index in [9.17, 15) is 4.79 Å². The van der Waals surface area contributed by atoms with Crippen molar-refractivity contribution in [3.63, 3.8) is 0 Å². The molecule has 48 valence electrons. The second-order valence-corrected chi connectivity index (χ2v) is 2.22. The average Bonchev–Trinajstić information content (AvgIpc) is 1.64. The standard InChI is InChI=1S/C4H9NO2S/c1-3(4(6)7)5(2)8/h3,8H,1-2H3,(H,6,7). The first kappa shape index (κ1) is 7.78. The van der Waals surface area contributed by atoms with Crippen LogP contribution < -0.4 is 0 Å². The molecule has 0 aliphatic carbocycles. The van der Waals surface area contributed by atoms with Gasteiger partial charge in [-0.3, -0.25) is 4.79 Å². The molecule has 0 aromatic heterocycles. The fourth-order valence-corrected chi connectivity index (χ4v) is 0.259. The summed E-state index contributed by atoms with van der Waals surface area (Å²) in [5.41, 5.74) is 0. The van der Waals surface area contributed by atoms with E-state index in [1.54, 1.807) is 14.0 Å². The van der Waals surface area contributed by atoms with E-state index in [4.69, 9.17) is 5.11 Å². The molecule has 0 spiro atoms. The van der Waals surface area contributed by atoms with Crippen molar-refractivity contribution in [1.82, 2.24) is 4.31 Å². The number of nitrogens with zero attached hydrogens (tertiary/aromatic N) is 1. The van der Waals surface area contributed by atoms with Crippen LogP contribution in [0.15, 0.2) is 0 Å². The van der Waals surface area contributed by atoms with E-state index in [0.29, 0.717) is 0 Å². The van der Waals surface area contributed by atoms with Crippen LogP contribution in [0.5, 0.6) is 0 Å². The zero-order chi connectivity index (χ0) is 6.73. The number of rotatable bonds is 2. The van der Waals surface area contributed by atoms with Crippen LogP contribution in [0.25, 0.3) is 0 Å². The molecule has 1 atom stereocenters. The predicted octanol–water partition coefficient (Wildman–Crippen LogP) is 0.236. The van der Waals surface area contributed by atoms with Crippen molar-refractivity contribution in [3.8, 4) is 0 Å². The Labute approximate surface area is 53.8 Å². The molecule has 0 aliphatic rings. The van der Waals surface area contributed by atoms with Gasteiger partial charge in [-0.25, -0.2) is 4.31 Å². The van der Waals surface area contributed by atoms with Gasteiger partial charge in [-0.15, -0.1) is 0 Å². The zero-order valence-electron chi connectivity index (χ0n) is 4.83. The van der Waals surface area contributed by atoms with Gasteiger partial charge in [0.05, 0.1) is 0 Å². The number of likely N-dealkylation sites (N-methyl/N-ethyl adjacent to an activating group) is 1. The molecular formula is C4H9NO2S. The Kier molecular flexibility index (Phi) is 2.86. The van der Waals surface area contributed by atoms with Crippen molar-refractivity contribution in [2.45, 2.75) is 13.0 Å². The fourth-order valence-electron chi connectivity index (χ4n) is 0.160. The van der Waals surface area contributed by atoms with Crippen LogP contribution in [-0.4, -0.2) is 28.5 Å². The average molecular weight is 135 g/mol. The van der Waals surface area contributed by atoms with E-state index in [2.05, 4.69) is 12.8 Å². The lowest BCUT2D eigenvalue weighted by Gasteiger charge is -2.11. The van der Waals surface area contributed by atoms with Gasteiger partial charge in [0, 0.05) is 0 Å². The first-order valence-corrected chi connectivity index (χ1v) is 2.60. The normalized spacial score (nSPS) is 14.0. The second kappa shape index (κ2) is 2.94. The monoisotopic (exact) mass is 135 g/mol. The van der Waals surface area contributed by atoms with E-state index in [0.717, 1.165) is 0 Å². The van der Waals surface area contributed by atoms with Gasteiger partial charge < -0.3 is 5.11 Å². The van der Waals surface area contributed by atoms with Gasteiger partial charge in [-0.2, -0.15) is 0 Å². The van der Waals surface area contributed by atoms with Crippen LogP contribution in [0.1, 0.15) is 6.92 Å². The molecule has 0 aromatic carbocycles. The van der Waals surface area contributed by atoms with Crippen molar-refractivity contribution in [2.24, 2.45) is 0 Å². The Balaban J connectivity index is 3.64. The third kappa shape index (κ3) is 2.18. The fraction of sp³-hybridized carbons (Fsp3) is 0.750. The second-order valence-electron chi connectivity index (χ2n) is 1.59. The lowest BCUT2D eigenvalue weighted by atomic mass is 10.4. The number of carboxylic acid groups (broad SMARTS) is 1. The summed E-state index contributed by atoms with van der Waals surface area (Å²) in [6.45, 7) is 1.56. The third-order valence-corrected chi connectivity index (χ3v) is 1.26. The van der Waals surface area contributed by atoms with E-state index < -0.39 is 12.0 Å². The number of aliphatic carboxylic acids is 1. The van der Waals surface area contributed by atoms with Gasteiger partial charge in [0.2, 0.25) is 0 Å². The molecule has 8 heavy (non-hydrogen) atoms. The van der Waals surface area contributed by atoms with Crippen molar-refractivity contribution >= 4 is 18.8 Å². The zero-order valence-corrected chi connectivity index (χ0v) is 5.72. The lowest BCUT2D eigenvalue weighted by molar-refractivity contribution is -0.140. The summed E-state index contributed by atoms with van der Waals surface area (Å²) in [5, 5.41) is 8.26. The van der Waals surface area contributed by atoms with Crippen molar-refractivity contribution in [2.75, 3.05) is 7.05 Å². The smallest absolute Gasteiger partial charge is 0.321 e. The number of thiol groups is 1. The van der Waals surface area contributed by atoms with Crippen LogP contribution in [0.2, 0.25) is 0 Å². The highest BCUT2D eigenvalue weighted by atomic mass is 32.1. The minimum atomic E-state index is -0.859.